The Bertz CT molecular complexity index is 259. The van der Waals surface area contributed by atoms with E-state index in [2.05, 4.69) is 11.1 Å². The number of hydrogen-bond acceptors (Lipinski definition) is 3. The van der Waals surface area contributed by atoms with E-state index >= 15 is 0 Å². The van der Waals surface area contributed by atoms with Gasteiger partial charge in [-0.1, -0.05) is 0 Å². The maximum absolute atomic E-state index is 8.51. The van der Waals surface area contributed by atoms with Crippen molar-refractivity contribution in [2.24, 2.45) is 0 Å². The molecule has 2 nitrogen and oxygen atoms in total. The highest BCUT2D eigenvalue weighted by Gasteiger charge is 2.05. The SMILES string of the molecule is Cc1nc(C(C)C#N)cs1. The van der Waals surface area contributed by atoms with Crippen LogP contribution in [-0.4, -0.2) is 4.98 Å². The second-order valence-corrected chi connectivity index (χ2v) is 3.20. The Morgan fingerprint density at radius 3 is 2.90 bits per heavy atom. The summed E-state index contributed by atoms with van der Waals surface area (Å²) in [6.45, 7) is 3.80. The molecule has 0 aliphatic rings. The fraction of sp³-hybridized carbons (Fsp3) is 0.429. The van der Waals surface area contributed by atoms with E-state index in [0.29, 0.717) is 0 Å². The molecule has 1 aromatic rings. The molecular weight excluding hydrogens is 144 g/mol. The van der Waals surface area contributed by atoms with Crippen LogP contribution in [0.2, 0.25) is 0 Å². The summed E-state index contributed by atoms with van der Waals surface area (Å²) in [5.74, 6) is -0.0649. The number of nitriles is 1. The highest BCUT2D eigenvalue weighted by atomic mass is 32.1. The first-order valence-electron chi connectivity index (χ1n) is 3.05. The average molecular weight is 152 g/mol. The van der Waals surface area contributed by atoms with Crippen LogP contribution in [-0.2, 0) is 0 Å². The topological polar surface area (TPSA) is 36.7 Å². The van der Waals surface area contributed by atoms with Gasteiger partial charge in [-0.25, -0.2) is 4.98 Å². The van der Waals surface area contributed by atoms with Crippen LogP contribution in [0.25, 0.3) is 0 Å². The fourth-order valence-corrected chi connectivity index (χ4v) is 1.35. The number of rotatable bonds is 1. The van der Waals surface area contributed by atoms with E-state index in [4.69, 9.17) is 5.26 Å². The molecule has 52 valence electrons. The van der Waals surface area contributed by atoms with Crippen LogP contribution in [0.15, 0.2) is 5.38 Å². The van der Waals surface area contributed by atoms with E-state index < -0.39 is 0 Å². The average Bonchev–Trinajstić information content (AvgIpc) is 2.34. The minimum Gasteiger partial charge on any atom is -0.245 e. The molecule has 0 radical (unpaired) electrons. The first-order chi connectivity index (χ1) is 4.74. The van der Waals surface area contributed by atoms with Gasteiger partial charge in [0.15, 0.2) is 0 Å². The van der Waals surface area contributed by atoms with Gasteiger partial charge in [-0.05, 0) is 13.8 Å². The van der Waals surface area contributed by atoms with Gasteiger partial charge in [0.2, 0.25) is 0 Å². The van der Waals surface area contributed by atoms with Crippen molar-refractivity contribution in [1.29, 1.82) is 5.26 Å². The Morgan fingerprint density at radius 1 is 1.80 bits per heavy atom. The monoisotopic (exact) mass is 152 g/mol. The zero-order chi connectivity index (χ0) is 7.56. The number of aromatic nitrogens is 1. The quantitative estimate of drug-likeness (QED) is 0.617. The summed E-state index contributed by atoms with van der Waals surface area (Å²) >= 11 is 1.59. The molecule has 0 N–H and O–H groups in total. The smallest absolute Gasteiger partial charge is 0.0897 e. The second kappa shape index (κ2) is 2.80. The Hall–Kier alpha value is -0.880. The molecule has 0 saturated heterocycles. The summed E-state index contributed by atoms with van der Waals surface area (Å²) in [5.41, 5.74) is 0.894. The molecule has 0 spiro atoms. The molecule has 1 heterocycles. The van der Waals surface area contributed by atoms with Crippen molar-refractivity contribution in [2.45, 2.75) is 19.8 Å². The molecule has 0 amide bonds. The minimum absolute atomic E-state index is 0.0649. The lowest BCUT2D eigenvalue weighted by molar-refractivity contribution is 0.927. The predicted octanol–water partition coefficient (Wildman–Crippen LogP) is 2.08. The summed E-state index contributed by atoms with van der Waals surface area (Å²) in [6.07, 6.45) is 0. The van der Waals surface area contributed by atoms with Crippen molar-refractivity contribution in [3.8, 4) is 6.07 Å². The normalized spacial score (nSPS) is 12.5. The highest BCUT2D eigenvalue weighted by Crippen LogP contribution is 2.16. The summed E-state index contributed by atoms with van der Waals surface area (Å²) < 4.78 is 0. The number of thiazole rings is 1. The lowest BCUT2D eigenvalue weighted by atomic mass is 10.1. The lowest BCUT2D eigenvalue weighted by Gasteiger charge is -1.92. The Morgan fingerprint density at radius 2 is 2.50 bits per heavy atom. The maximum Gasteiger partial charge on any atom is 0.0897 e. The van der Waals surface area contributed by atoms with Crippen molar-refractivity contribution >= 4 is 11.3 Å². The highest BCUT2D eigenvalue weighted by molar-refractivity contribution is 7.09. The standard InChI is InChI=1S/C7H8N2S/c1-5(3-8)7-4-10-6(2)9-7/h4-5H,1-2H3. The van der Waals surface area contributed by atoms with Crippen LogP contribution in [0.5, 0.6) is 0 Å². The Kier molecular flexibility index (Phi) is 2.03. The van der Waals surface area contributed by atoms with Crippen LogP contribution in [0.4, 0.5) is 0 Å². The van der Waals surface area contributed by atoms with Crippen LogP contribution < -0.4 is 0 Å². The van der Waals surface area contributed by atoms with Crippen molar-refractivity contribution < 1.29 is 0 Å². The largest absolute Gasteiger partial charge is 0.245 e. The van der Waals surface area contributed by atoms with Crippen molar-refractivity contribution in [2.75, 3.05) is 0 Å². The molecule has 3 heteroatoms. The van der Waals surface area contributed by atoms with Gasteiger partial charge < -0.3 is 0 Å². The van der Waals surface area contributed by atoms with E-state index in [0.717, 1.165) is 10.7 Å². The summed E-state index contributed by atoms with van der Waals surface area (Å²) in [5, 5.41) is 11.5. The number of aryl methyl sites for hydroxylation is 1. The van der Waals surface area contributed by atoms with E-state index in [1.54, 1.807) is 11.3 Å². The van der Waals surface area contributed by atoms with E-state index in [1.807, 2.05) is 19.2 Å². The lowest BCUT2D eigenvalue weighted by Crippen LogP contribution is -1.88. The molecule has 1 unspecified atom stereocenters. The zero-order valence-electron chi connectivity index (χ0n) is 5.96. The number of hydrogen-bond donors (Lipinski definition) is 0. The van der Waals surface area contributed by atoms with Gasteiger partial charge in [-0.3, -0.25) is 0 Å². The van der Waals surface area contributed by atoms with Crippen LogP contribution in [0.3, 0.4) is 0 Å². The van der Waals surface area contributed by atoms with E-state index in [9.17, 15) is 0 Å². The van der Waals surface area contributed by atoms with Gasteiger partial charge in [-0.15, -0.1) is 11.3 Å². The third-order valence-electron chi connectivity index (χ3n) is 1.27. The van der Waals surface area contributed by atoms with Crippen molar-refractivity contribution in [1.82, 2.24) is 4.98 Å². The Balaban J connectivity index is 2.87. The van der Waals surface area contributed by atoms with Crippen molar-refractivity contribution in [3.63, 3.8) is 0 Å². The second-order valence-electron chi connectivity index (χ2n) is 2.14. The first-order valence-corrected chi connectivity index (χ1v) is 3.93. The minimum atomic E-state index is -0.0649. The third kappa shape index (κ3) is 1.34. The molecular formula is C7H8N2S. The molecule has 1 rings (SSSR count). The maximum atomic E-state index is 8.51. The van der Waals surface area contributed by atoms with Gasteiger partial charge in [0.05, 0.1) is 22.7 Å². The molecule has 0 aliphatic carbocycles. The zero-order valence-corrected chi connectivity index (χ0v) is 6.77. The number of nitrogens with zero attached hydrogens (tertiary/aromatic N) is 2. The van der Waals surface area contributed by atoms with Gasteiger partial charge in [-0.2, -0.15) is 5.26 Å². The van der Waals surface area contributed by atoms with Gasteiger partial charge in [0.25, 0.3) is 0 Å². The van der Waals surface area contributed by atoms with Gasteiger partial charge in [0, 0.05) is 5.38 Å². The molecule has 0 saturated carbocycles. The molecule has 0 aromatic carbocycles. The van der Waals surface area contributed by atoms with E-state index in [-0.39, 0.29) is 5.92 Å². The van der Waals surface area contributed by atoms with Crippen LogP contribution >= 0.6 is 11.3 Å². The van der Waals surface area contributed by atoms with Gasteiger partial charge >= 0.3 is 0 Å². The van der Waals surface area contributed by atoms with Gasteiger partial charge in [0.1, 0.15) is 0 Å². The first kappa shape index (κ1) is 7.23. The van der Waals surface area contributed by atoms with Crippen molar-refractivity contribution in [3.05, 3.63) is 16.1 Å². The Labute approximate surface area is 64.1 Å². The molecule has 1 aromatic heterocycles. The summed E-state index contributed by atoms with van der Waals surface area (Å²) in [7, 11) is 0. The molecule has 10 heavy (non-hydrogen) atoms. The summed E-state index contributed by atoms with van der Waals surface area (Å²) in [4.78, 5) is 4.18. The predicted molar refractivity (Wildman–Crippen MR) is 40.9 cm³/mol. The molecule has 1 atom stereocenters. The molecule has 0 aliphatic heterocycles. The third-order valence-corrected chi connectivity index (χ3v) is 2.07. The molecule has 0 bridgehead atoms. The van der Waals surface area contributed by atoms with E-state index in [1.165, 1.54) is 0 Å². The molecule has 0 fully saturated rings. The summed E-state index contributed by atoms with van der Waals surface area (Å²) in [6, 6.07) is 2.14. The fourth-order valence-electron chi connectivity index (χ4n) is 0.645. The van der Waals surface area contributed by atoms with Crippen LogP contribution in [0.1, 0.15) is 23.5 Å². The van der Waals surface area contributed by atoms with Crippen LogP contribution in [0, 0.1) is 18.3 Å².